The Labute approximate surface area is 128 Å². The number of rotatable bonds is 10. The predicted octanol–water partition coefficient (Wildman–Crippen LogP) is 4.34. The van der Waals surface area contributed by atoms with Gasteiger partial charge in [-0.3, -0.25) is 4.57 Å². The SMILES string of the molecule is CCCC(N)(CCc1ccccc1)P(=O)(OCC)OCC. The van der Waals surface area contributed by atoms with Crippen molar-refractivity contribution in [3.8, 4) is 0 Å². The Hall–Kier alpha value is -0.670. The summed E-state index contributed by atoms with van der Waals surface area (Å²) in [6.45, 7) is 6.34. The lowest BCUT2D eigenvalue weighted by Gasteiger charge is -2.35. The van der Waals surface area contributed by atoms with Gasteiger partial charge in [-0.25, -0.2) is 0 Å². The Morgan fingerprint density at radius 3 is 2.10 bits per heavy atom. The molecule has 1 aromatic rings. The van der Waals surface area contributed by atoms with E-state index in [1.165, 1.54) is 5.56 Å². The van der Waals surface area contributed by atoms with E-state index < -0.39 is 12.9 Å². The minimum atomic E-state index is -3.32. The Morgan fingerprint density at radius 1 is 1.05 bits per heavy atom. The highest BCUT2D eigenvalue weighted by Crippen LogP contribution is 2.60. The maximum atomic E-state index is 13.1. The van der Waals surface area contributed by atoms with Crippen LogP contribution in [-0.2, 0) is 20.0 Å². The number of hydrogen-bond donors (Lipinski definition) is 1. The second-order valence-corrected chi connectivity index (χ2v) is 7.57. The molecule has 1 unspecified atom stereocenters. The van der Waals surface area contributed by atoms with Gasteiger partial charge in [0.15, 0.2) is 0 Å². The molecule has 0 aromatic heterocycles. The first kappa shape index (κ1) is 18.4. The Bertz CT molecular complexity index is 442. The third-order valence-electron chi connectivity index (χ3n) is 3.52. The minimum absolute atomic E-state index is 0.339. The zero-order valence-electron chi connectivity index (χ0n) is 13.4. The molecule has 0 heterocycles. The molecule has 4 nitrogen and oxygen atoms in total. The number of nitrogens with two attached hydrogens (primary N) is 1. The summed E-state index contributed by atoms with van der Waals surface area (Å²) in [6.07, 6.45) is 2.82. The topological polar surface area (TPSA) is 61.6 Å². The van der Waals surface area contributed by atoms with Crippen molar-refractivity contribution in [3.05, 3.63) is 35.9 Å². The van der Waals surface area contributed by atoms with Gasteiger partial charge in [-0.05, 0) is 38.7 Å². The van der Waals surface area contributed by atoms with Crippen LogP contribution in [0, 0.1) is 0 Å². The van der Waals surface area contributed by atoms with E-state index >= 15 is 0 Å². The molecule has 0 saturated carbocycles. The van der Waals surface area contributed by atoms with Gasteiger partial charge in [0.1, 0.15) is 5.28 Å². The van der Waals surface area contributed by atoms with Crippen LogP contribution in [0.15, 0.2) is 30.3 Å². The molecule has 5 heteroatoms. The molecule has 120 valence electrons. The third kappa shape index (κ3) is 4.93. The lowest BCUT2D eigenvalue weighted by Crippen LogP contribution is -2.41. The van der Waals surface area contributed by atoms with E-state index in [0.717, 1.165) is 12.8 Å². The average molecular weight is 313 g/mol. The van der Waals surface area contributed by atoms with Crippen LogP contribution >= 0.6 is 7.60 Å². The lowest BCUT2D eigenvalue weighted by molar-refractivity contribution is 0.189. The van der Waals surface area contributed by atoms with Crippen molar-refractivity contribution in [2.75, 3.05) is 13.2 Å². The molecule has 0 aliphatic rings. The van der Waals surface area contributed by atoms with Crippen LogP contribution in [0.2, 0.25) is 0 Å². The fraction of sp³-hybridized carbons (Fsp3) is 0.625. The summed E-state index contributed by atoms with van der Waals surface area (Å²) in [6, 6.07) is 10.1. The standard InChI is InChI=1S/C16H28NO3P/c1-4-13-16(17,21(18,19-5-2)20-6-3)14-12-15-10-8-7-9-11-15/h7-11H,4-6,12-14,17H2,1-3H3. The molecule has 1 atom stereocenters. The first-order valence-electron chi connectivity index (χ1n) is 7.73. The highest BCUT2D eigenvalue weighted by Gasteiger charge is 2.46. The van der Waals surface area contributed by atoms with E-state index in [1.807, 2.05) is 39.0 Å². The van der Waals surface area contributed by atoms with E-state index in [2.05, 4.69) is 12.1 Å². The van der Waals surface area contributed by atoms with Crippen molar-refractivity contribution in [2.24, 2.45) is 5.73 Å². The number of aryl methyl sites for hydroxylation is 1. The second kappa shape index (κ2) is 8.70. The van der Waals surface area contributed by atoms with Crippen LogP contribution in [0.3, 0.4) is 0 Å². The molecule has 2 N–H and O–H groups in total. The summed E-state index contributed by atoms with van der Waals surface area (Å²) in [5.41, 5.74) is 7.68. The molecular formula is C16H28NO3P. The minimum Gasteiger partial charge on any atom is -0.315 e. The Kier molecular flexibility index (Phi) is 7.61. The summed E-state index contributed by atoms with van der Waals surface area (Å²) in [5.74, 6) is 0. The Morgan fingerprint density at radius 2 is 1.62 bits per heavy atom. The van der Waals surface area contributed by atoms with E-state index in [9.17, 15) is 4.57 Å². The van der Waals surface area contributed by atoms with E-state index in [1.54, 1.807) is 0 Å². The van der Waals surface area contributed by atoms with Gasteiger partial charge in [0.2, 0.25) is 0 Å². The van der Waals surface area contributed by atoms with Crippen molar-refractivity contribution in [1.29, 1.82) is 0 Å². The third-order valence-corrected chi connectivity index (χ3v) is 6.25. The molecule has 1 rings (SSSR count). The summed E-state index contributed by atoms with van der Waals surface area (Å²) >= 11 is 0. The van der Waals surface area contributed by atoms with Crippen LogP contribution in [0.1, 0.15) is 45.6 Å². The lowest BCUT2D eigenvalue weighted by atomic mass is 10.0. The van der Waals surface area contributed by atoms with Crippen LogP contribution < -0.4 is 5.73 Å². The largest absolute Gasteiger partial charge is 0.350 e. The van der Waals surface area contributed by atoms with Crippen LogP contribution in [0.25, 0.3) is 0 Å². The van der Waals surface area contributed by atoms with Gasteiger partial charge in [0, 0.05) is 0 Å². The molecule has 21 heavy (non-hydrogen) atoms. The molecule has 0 aliphatic carbocycles. The summed E-state index contributed by atoms with van der Waals surface area (Å²) < 4.78 is 24.0. The van der Waals surface area contributed by atoms with E-state index in [0.29, 0.717) is 26.1 Å². The van der Waals surface area contributed by atoms with Crippen LogP contribution in [-0.4, -0.2) is 18.5 Å². The smallest absolute Gasteiger partial charge is 0.315 e. The average Bonchev–Trinajstić information content (AvgIpc) is 2.47. The van der Waals surface area contributed by atoms with Gasteiger partial charge in [-0.15, -0.1) is 0 Å². The highest BCUT2D eigenvalue weighted by molar-refractivity contribution is 7.55. The monoisotopic (exact) mass is 313 g/mol. The van der Waals surface area contributed by atoms with Crippen molar-refractivity contribution >= 4 is 7.60 Å². The van der Waals surface area contributed by atoms with E-state index in [-0.39, 0.29) is 0 Å². The maximum Gasteiger partial charge on any atom is 0.350 e. The van der Waals surface area contributed by atoms with Gasteiger partial charge in [0.25, 0.3) is 0 Å². The van der Waals surface area contributed by atoms with Crippen LogP contribution in [0.5, 0.6) is 0 Å². The molecule has 0 saturated heterocycles. The summed E-state index contributed by atoms with van der Waals surface area (Å²) in [5, 5.41) is -0.927. The van der Waals surface area contributed by atoms with Gasteiger partial charge >= 0.3 is 7.60 Å². The van der Waals surface area contributed by atoms with E-state index in [4.69, 9.17) is 14.8 Å². The van der Waals surface area contributed by atoms with Crippen molar-refractivity contribution in [1.82, 2.24) is 0 Å². The fourth-order valence-electron chi connectivity index (χ4n) is 2.47. The van der Waals surface area contributed by atoms with Gasteiger partial charge in [0.05, 0.1) is 13.2 Å². The molecule has 0 amide bonds. The summed E-state index contributed by atoms with van der Waals surface area (Å²) in [7, 11) is -3.32. The maximum absolute atomic E-state index is 13.1. The van der Waals surface area contributed by atoms with Gasteiger partial charge < -0.3 is 14.8 Å². The molecule has 0 bridgehead atoms. The van der Waals surface area contributed by atoms with Crippen molar-refractivity contribution in [3.63, 3.8) is 0 Å². The molecular weight excluding hydrogens is 285 g/mol. The predicted molar refractivity (Wildman–Crippen MR) is 87.4 cm³/mol. The number of hydrogen-bond acceptors (Lipinski definition) is 4. The van der Waals surface area contributed by atoms with Crippen molar-refractivity contribution in [2.45, 2.75) is 51.7 Å². The molecule has 1 aromatic carbocycles. The van der Waals surface area contributed by atoms with Gasteiger partial charge in [-0.1, -0.05) is 43.7 Å². The normalized spacial score (nSPS) is 14.9. The highest BCUT2D eigenvalue weighted by atomic mass is 31.2. The summed E-state index contributed by atoms with van der Waals surface area (Å²) in [4.78, 5) is 0. The Balaban J connectivity index is 2.91. The first-order valence-corrected chi connectivity index (χ1v) is 9.27. The second-order valence-electron chi connectivity index (χ2n) is 5.17. The fourth-order valence-corrected chi connectivity index (χ4v) is 4.62. The van der Waals surface area contributed by atoms with Crippen molar-refractivity contribution < 1.29 is 13.6 Å². The van der Waals surface area contributed by atoms with Crippen LogP contribution in [0.4, 0.5) is 0 Å². The molecule has 0 fully saturated rings. The zero-order chi connectivity index (χ0) is 15.8. The number of benzene rings is 1. The molecule has 0 aliphatic heterocycles. The first-order chi connectivity index (χ1) is 10.0. The molecule has 0 radical (unpaired) electrons. The molecule has 0 spiro atoms. The quantitative estimate of drug-likeness (QED) is 0.653. The van der Waals surface area contributed by atoms with Gasteiger partial charge in [-0.2, -0.15) is 0 Å². The zero-order valence-corrected chi connectivity index (χ0v) is 14.3.